The monoisotopic (exact) mass is 505 g/mol. The Bertz CT molecular complexity index is 1250. The van der Waals surface area contributed by atoms with Crippen LogP contribution in [-0.2, 0) is 16.1 Å². The summed E-state index contributed by atoms with van der Waals surface area (Å²) >= 11 is 5.90. The summed E-state index contributed by atoms with van der Waals surface area (Å²) < 4.78 is 7.65. The summed E-state index contributed by atoms with van der Waals surface area (Å²) in [6.45, 7) is 11.5. The molecule has 0 saturated carbocycles. The fraction of sp³-hybridized carbons (Fsp3) is 0.393. The van der Waals surface area contributed by atoms with Gasteiger partial charge in [-0.2, -0.15) is 0 Å². The molecule has 2 aromatic heterocycles. The number of nitrogens with zero attached hydrogens (tertiary/aromatic N) is 3. The van der Waals surface area contributed by atoms with E-state index in [2.05, 4.69) is 51.1 Å². The van der Waals surface area contributed by atoms with E-state index in [-0.39, 0.29) is 23.9 Å². The summed E-state index contributed by atoms with van der Waals surface area (Å²) in [7, 11) is 1.73. The molecule has 0 unspecified atom stereocenters. The number of anilines is 2. The van der Waals surface area contributed by atoms with E-state index in [0.29, 0.717) is 11.7 Å². The van der Waals surface area contributed by atoms with Gasteiger partial charge in [0.05, 0.1) is 24.4 Å². The van der Waals surface area contributed by atoms with Crippen LogP contribution in [0.2, 0.25) is 0 Å². The van der Waals surface area contributed by atoms with Crippen molar-refractivity contribution in [3.63, 3.8) is 0 Å². The first-order valence-electron chi connectivity index (χ1n) is 12.3. The second-order valence-corrected chi connectivity index (χ2v) is 10.00. The third-order valence-electron chi connectivity index (χ3n) is 6.82. The Morgan fingerprint density at radius 2 is 1.97 bits per heavy atom. The van der Waals surface area contributed by atoms with E-state index in [1.807, 2.05) is 57.3 Å². The highest BCUT2D eigenvalue weighted by molar-refractivity contribution is 7.80. The third-order valence-corrected chi connectivity index (χ3v) is 7.13. The number of aryl methyl sites for hydroxylation is 2. The van der Waals surface area contributed by atoms with Crippen LogP contribution in [0.25, 0.3) is 0 Å². The zero-order valence-corrected chi connectivity index (χ0v) is 22.6. The van der Waals surface area contributed by atoms with Crippen molar-refractivity contribution in [3.8, 4) is 0 Å². The highest BCUT2D eigenvalue weighted by atomic mass is 32.1. The summed E-state index contributed by atoms with van der Waals surface area (Å²) in [6, 6.07) is 14.1. The largest absolute Gasteiger partial charge is 0.383 e. The molecule has 0 bridgehead atoms. The molecule has 3 aromatic rings. The normalized spacial score (nSPS) is 17.5. The number of ether oxygens (including phenoxy) is 1. The van der Waals surface area contributed by atoms with Crippen LogP contribution >= 0.6 is 12.2 Å². The molecule has 1 fully saturated rings. The minimum atomic E-state index is -0.115. The van der Waals surface area contributed by atoms with Gasteiger partial charge in [-0.3, -0.25) is 9.78 Å². The quantitative estimate of drug-likeness (QED) is 0.409. The summed E-state index contributed by atoms with van der Waals surface area (Å²) in [4.78, 5) is 19.1. The van der Waals surface area contributed by atoms with Crippen LogP contribution in [0, 0.1) is 26.7 Å². The molecule has 1 aliphatic heterocycles. The molecule has 1 saturated heterocycles. The van der Waals surface area contributed by atoms with Crippen LogP contribution < -0.4 is 15.5 Å². The van der Waals surface area contributed by atoms with E-state index in [4.69, 9.17) is 17.0 Å². The predicted octanol–water partition coefficient (Wildman–Crippen LogP) is 5.23. The van der Waals surface area contributed by atoms with E-state index >= 15 is 0 Å². The van der Waals surface area contributed by atoms with Gasteiger partial charge in [0.2, 0.25) is 5.91 Å². The number of amides is 1. The molecule has 36 heavy (non-hydrogen) atoms. The number of aromatic nitrogens is 2. The summed E-state index contributed by atoms with van der Waals surface area (Å²) in [5.41, 5.74) is 7.26. The van der Waals surface area contributed by atoms with Crippen LogP contribution in [0.3, 0.4) is 0 Å². The van der Waals surface area contributed by atoms with Crippen molar-refractivity contribution in [3.05, 3.63) is 76.9 Å². The number of carbonyl (C=O) groups is 1. The number of methoxy groups -OCH3 is 1. The highest BCUT2D eigenvalue weighted by Crippen LogP contribution is 2.43. The number of pyridine rings is 1. The summed E-state index contributed by atoms with van der Waals surface area (Å²) in [5.74, 6) is -0.0860. The van der Waals surface area contributed by atoms with Crippen LogP contribution in [0.1, 0.15) is 54.1 Å². The SMILES string of the molecule is COCCn1c(C)cc([C@H]2[C@H](c3ccccn3)NC(=S)N2c2ccc(NC(=O)C(C)C)c(C)c2)c1C. The Kier molecular flexibility index (Phi) is 7.76. The van der Waals surface area contributed by atoms with Crippen LogP contribution in [0.4, 0.5) is 11.4 Å². The van der Waals surface area contributed by atoms with Gasteiger partial charge >= 0.3 is 0 Å². The van der Waals surface area contributed by atoms with Gasteiger partial charge in [0.25, 0.3) is 0 Å². The topological polar surface area (TPSA) is 71.4 Å². The molecule has 190 valence electrons. The Morgan fingerprint density at radius 1 is 1.19 bits per heavy atom. The molecule has 8 heteroatoms. The van der Waals surface area contributed by atoms with Gasteiger partial charge in [0, 0.05) is 48.5 Å². The Balaban J connectivity index is 1.78. The lowest BCUT2D eigenvalue weighted by Gasteiger charge is -2.29. The fourth-order valence-electron chi connectivity index (χ4n) is 4.82. The highest BCUT2D eigenvalue weighted by Gasteiger charge is 2.42. The van der Waals surface area contributed by atoms with E-state index in [1.165, 1.54) is 17.0 Å². The molecule has 0 radical (unpaired) electrons. The fourth-order valence-corrected chi connectivity index (χ4v) is 5.16. The number of rotatable bonds is 8. The molecular formula is C28H35N5O2S. The third kappa shape index (κ3) is 5.01. The number of thiocarbonyl (C=S) groups is 1. The van der Waals surface area contributed by atoms with E-state index in [0.717, 1.165) is 29.2 Å². The van der Waals surface area contributed by atoms with Crippen molar-refractivity contribution in [2.75, 3.05) is 23.9 Å². The molecule has 7 nitrogen and oxygen atoms in total. The second-order valence-electron chi connectivity index (χ2n) is 9.61. The number of benzene rings is 1. The summed E-state index contributed by atoms with van der Waals surface area (Å²) in [6.07, 6.45) is 1.82. The standard InChI is InChI=1S/C28H35N5O2S/c1-17(2)27(34)30-23-11-10-21(15-18(23)3)33-26(22-16-19(4)32(20(22)5)13-14-35-6)25(31-28(33)36)24-9-7-8-12-29-24/h7-12,15-17,25-26H,13-14H2,1-6H3,(H,30,34)(H,31,36)/t25-,26-/m0/s1. The predicted molar refractivity (Wildman–Crippen MR) is 148 cm³/mol. The van der Waals surface area contributed by atoms with E-state index in [1.54, 1.807) is 7.11 Å². The molecule has 1 aromatic carbocycles. The molecule has 1 aliphatic rings. The molecular weight excluding hydrogens is 470 g/mol. The average molecular weight is 506 g/mol. The van der Waals surface area contributed by atoms with Crippen molar-refractivity contribution in [1.82, 2.24) is 14.9 Å². The van der Waals surface area contributed by atoms with Crippen molar-refractivity contribution in [1.29, 1.82) is 0 Å². The maximum atomic E-state index is 12.3. The second kappa shape index (κ2) is 10.8. The molecule has 0 spiro atoms. The molecule has 2 N–H and O–H groups in total. The van der Waals surface area contributed by atoms with E-state index in [9.17, 15) is 4.79 Å². The van der Waals surface area contributed by atoms with E-state index < -0.39 is 0 Å². The number of hydrogen-bond donors (Lipinski definition) is 2. The Morgan fingerprint density at radius 3 is 2.61 bits per heavy atom. The van der Waals surface area contributed by atoms with Crippen molar-refractivity contribution in [2.45, 2.75) is 53.2 Å². The van der Waals surface area contributed by atoms with Gasteiger partial charge in [-0.25, -0.2) is 0 Å². The van der Waals surface area contributed by atoms with Crippen molar-refractivity contribution < 1.29 is 9.53 Å². The minimum Gasteiger partial charge on any atom is -0.383 e. The van der Waals surface area contributed by atoms with Gasteiger partial charge in [-0.1, -0.05) is 19.9 Å². The first kappa shape index (κ1) is 25.9. The van der Waals surface area contributed by atoms with Gasteiger partial charge in [0.15, 0.2) is 5.11 Å². The lowest BCUT2D eigenvalue weighted by molar-refractivity contribution is -0.118. The average Bonchev–Trinajstić information content (AvgIpc) is 3.34. The van der Waals surface area contributed by atoms with Crippen molar-refractivity contribution >= 4 is 34.6 Å². The minimum absolute atomic E-state index is 0.000742. The molecule has 2 atom stereocenters. The maximum Gasteiger partial charge on any atom is 0.226 e. The Hall–Kier alpha value is -3.23. The lowest BCUT2D eigenvalue weighted by Crippen LogP contribution is -2.29. The van der Waals surface area contributed by atoms with Crippen LogP contribution in [0.15, 0.2) is 48.7 Å². The number of carbonyl (C=O) groups excluding carboxylic acids is 1. The molecule has 4 rings (SSSR count). The molecule has 0 aliphatic carbocycles. The Labute approximate surface area is 218 Å². The van der Waals surface area contributed by atoms with Gasteiger partial charge in [0.1, 0.15) is 0 Å². The zero-order valence-electron chi connectivity index (χ0n) is 21.8. The van der Waals surface area contributed by atoms with Crippen LogP contribution in [0.5, 0.6) is 0 Å². The molecule has 3 heterocycles. The zero-order chi connectivity index (χ0) is 26.0. The first-order chi connectivity index (χ1) is 17.2. The van der Waals surface area contributed by atoms with Crippen molar-refractivity contribution in [2.24, 2.45) is 5.92 Å². The first-order valence-corrected chi connectivity index (χ1v) is 12.7. The van der Waals surface area contributed by atoms with Gasteiger partial charge < -0.3 is 24.8 Å². The van der Waals surface area contributed by atoms with Gasteiger partial charge in [-0.15, -0.1) is 0 Å². The number of hydrogen-bond acceptors (Lipinski definition) is 4. The maximum absolute atomic E-state index is 12.3. The van der Waals surface area contributed by atoms with Crippen LogP contribution in [-0.4, -0.2) is 34.3 Å². The van der Waals surface area contributed by atoms with Gasteiger partial charge in [-0.05, 0) is 80.5 Å². The molecule has 1 amide bonds. The lowest BCUT2D eigenvalue weighted by atomic mass is 9.96. The summed E-state index contributed by atoms with van der Waals surface area (Å²) in [5, 5.41) is 7.21. The smallest absolute Gasteiger partial charge is 0.226 e. The number of nitrogens with one attached hydrogen (secondary N) is 2.